The zero-order valence-corrected chi connectivity index (χ0v) is 18.3. The molecule has 1 unspecified atom stereocenters. The number of halogens is 1. The summed E-state index contributed by atoms with van der Waals surface area (Å²) < 4.78 is 28.2. The second-order valence-electron chi connectivity index (χ2n) is 6.84. The summed E-state index contributed by atoms with van der Waals surface area (Å²) in [6, 6.07) is 4.47. The molecule has 0 aliphatic carbocycles. The molecule has 156 valence electrons. The first-order valence-electron chi connectivity index (χ1n) is 8.75. The Bertz CT molecular complexity index is 773. The molecule has 9 heteroatoms. The highest BCUT2D eigenvalue weighted by Crippen LogP contribution is 2.50. The van der Waals surface area contributed by atoms with Crippen molar-refractivity contribution in [3.63, 3.8) is 0 Å². The maximum Gasteiger partial charge on any atom is 0.354 e. The minimum absolute atomic E-state index is 0.147. The van der Waals surface area contributed by atoms with Crippen LogP contribution < -0.4 is 0 Å². The third-order valence-electron chi connectivity index (χ3n) is 3.45. The molecule has 1 aromatic rings. The SMILES string of the molecule is CCOP(=O)(/C=C/c1ccc(Cl)cc1C(OC(=O)C(C)(C)C)C(=O)O)OCC. The van der Waals surface area contributed by atoms with Gasteiger partial charge in [-0.15, -0.1) is 0 Å². The van der Waals surface area contributed by atoms with Crippen LogP contribution in [0.2, 0.25) is 5.02 Å². The van der Waals surface area contributed by atoms with Crippen LogP contribution in [0, 0.1) is 5.41 Å². The number of carboxylic acids is 1. The van der Waals surface area contributed by atoms with Crippen molar-refractivity contribution < 1.29 is 33.0 Å². The summed E-state index contributed by atoms with van der Waals surface area (Å²) >= 11 is 6.02. The van der Waals surface area contributed by atoms with E-state index in [2.05, 4.69) is 0 Å². The maximum atomic E-state index is 12.6. The van der Waals surface area contributed by atoms with Crippen molar-refractivity contribution in [1.29, 1.82) is 0 Å². The van der Waals surface area contributed by atoms with Crippen LogP contribution in [0.15, 0.2) is 24.0 Å². The number of carbonyl (C=O) groups is 2. The number of carboxylic acid groups (broad SMARTS) is 1. The number of esters is 1. The van der Waals surface area contributed by atoms with Crippen LogP contribution in [0.5, 0.6) is 0 Å². The van der Waals surface area contributed by atoms with Crippen LogP contribution in [0.3, 0.4) is 0 Å². The van der Waals surface area contributed by atoms with Crippen LogP contribution in [-0.2, 0) is 27.9 Å². The fourth-order valence-corrected chi connectivity index (χ4v) is 3.60. The van der Waals surface area contributed by atoms with E-state index in [1.54, 1.807) is 40.7 Å². The lowest BCUT2D eigenvalue weighted by Crippen LogP contribution is -2.28. The van der Waals surface area contributed by atoms with Crippen LogP contribution in [0.1, 0.15) is 51.8 Å². The average molecular weight is 433 g/mol. The molecule has 0 saturated carbocycles. The summed E-state index contributed by atoms with van der Waals surface area (Å²) in [5.74, 6) is -0.784. The van der Waals surface area contributed by atoms with E-state index in [-0.39, 0.29) is 23.8 Å². The second kappa shape index (κ2) is 10.2. The van der Waals surface area contributed by atoms with E-state index in [4.69, 9.17) is 25.4 Å². The predicted octanol–water partition coefficient (Wildman–Crippen LogP) is 5.29. The predicted molar refractivity (Wildman–Crippen MR) is 107 cm³/mol. The molecule has 0 heterocycles. The Morgan fingerprint density at radius 3 is 2.25 bits per heavy atom. The molecular formula is C19H26ClO7P. The van der Waals surface area contributed by atoms with Crippen molar-refractivity contribution in [1.82, 2.24) is 0 Å². The summed E-state index contributed by atoms with van der Waals surface area (Å²) in [6.45, 7) is 8.57. The van der Waals surface area contributed by atoms with Crippen molar-refractivity contribution >= 4 is 37.2 Å². The third-order valence-corrected chi connectivity index (χ3v) is 5.43. The second-order valence-corrected chi connectivity index (χ2v) is 9.17. The molecule has 7 nitrogen and oxygen atoms in total. The minimum atomic E-state index is -3.49. The number of hydrogen-bond acceptors (Lipinski definition) is 6. The first-order valence-corrected chi connectivity index (χ1v) is 10.7. The number of ether oxygens (including phenoxy) is 1. The molecule has 0 fully saturated rings. The van der Waals surface area contributed by atoms with Gasteiger partial charge in [-0.1, -0.05) is 17.7 Å². The summed E-state index contributed by atoms with van der Waals surface area (Å²) in [6.07, 6.45) is -0.165. The summed E-state index contributed by atoms with van der Waals surface area (Å²) in [4.78, 5) is 24.0. The zero-order valence-electron chi connectivity index (χ0n) is 16.6. The fourth-order valence-electron chi connectivity index (χ4n) is 2.11. The van der Waals surface area contributed by atoms with Crippen molar-refractivity contribution in [2.45, 2.75) is 40.7 Å². The number of hydrogen-bond donors (Lipinski definition) is 1. The van der Waals surface area contributed by atoms with Gasteiger partial charge in [-0.2, -0.15) is 0 Å². The van der Waals surface area contributed by atoms with Gasteiger partial charge in [0.05, 0.1) is 18.6 Å². The molecule has 0 aromatic heterocycles. The topological polar surface area (TPSA) is 99.1 Å². The zero-order chi connectivity index (χ0) is 21.5. The fraction of sp³-hybridized carbons (Fsp3) is 0.474. The molecule has 0 amide bonds. The Balaban J connectivity index is 3.36. The monoisotopic (exact) mass is 432 g/mol. The van der Waals surface area contributed by atoms with E-state index in [0.29, 0.717) is 5.56 Å². The number of aliphatic carboxylic acids is 1. The van der Waals surface area contributed by atoms with E-state index in [9.17, 15) is 19.3 Å². The summed E-state index contributed by atoms with van der Waals surface area (Å²) in [5, 5.41) is 9.87. The van der Waals surface area contributed by atoms with E-state index in [1.165, 1.54) is 24.0 Å². The Morgan fingerprint density at radius 2 is 1.79 bits per heavy atom. The highest BCUT2D eigenvalue weighted by molar-refractivity contribution is 7.57. The quantitative estimate of drug-likeness (QED) is 0.418. The van der Waals surface area contributed by atoms with Crippen molar-refractivity contribution in [2.75, 3.05) is 13.2 Å². The molecule has 0 aliphatic rings. The third kappa shape index (κ3) is 7.06. The lowest BCUT2D eigenvalue weighted by atomic mass is 9.96. The van der Waals surface area contributed by atoms with Crippen molar-refractivity contribution in [3.8, 4) is 0 Å². The van der Waals surface area contributed by atoms with Gasteiger partial charge in [0.25, 0.3) is 0 Å². The molecule has 1 aromatic carbocycles. The van der Waals surface area contributed by atoms with Gasteiger partial charge in [-0.05, 0) is 58.4 Å². The lowest BCUT2D eigenvalue weighted by Gasteiger charge is -2.22. The molecule has 1 rings (SSSR count). The molecule has 0 radical (unpaired) electrons. The molecule has 0 aliphatic heterocycles. The Kier molecular flexibility index (Phi) is 8.89. The van der Waals surface area contributed by atoms with Gasteiger partial charge >= 0.3 is 19.5 Å². The standard InChI is InChI=1S/C19H26ClO7P/c1-6-25-28(24,26-7-2)11-10-13-8-9-14(20)12-15(13)16(17(21)22)27-18(23)19(3,4)5/h8-12,16H,6-7H2,1-5H3,(H,21,22)/b11-10+. The van der Waals surface area contributed by atoms with E-state index < -0.39 is 31.1 Å². The highest BCUT2D eigenvalue weighted by Gasteiger charge is 2.32. The largest absolute Gasteiger partial charge is 0.478 e. The van der Waals surface area contributed by atoms with E-state index >= 15 is 0 Å². The summed E-state index contributed by atoms with van der Waals surface area (Å²) in [7, 11) is -3.49. The molecule has 1 N–H and O–H groups in total. The Hall–Kier alpha value is -1.66. The minimum Gasteiger partial charge on any atom is -0.478 e. The van der Waals surface area contributed by atoms with Gasteiger partial charge in [0, 0.05) is 16.4 Å². The number of benzene rings is 1. The van der Waals surface area contributed by atoms with Crippen LogP contribution in [-0.4, -0.2) is 30.3 Å². The number of carbonyl (C=O) groups excluding carboxylic acids is 1. The molecule has 0 bridgehead atoms. The van der Waals surface area contributed by atoms with Gasteiger partial charge in [-0.25, -0.2) is 4.79 Å². The molecule has 1 atom stereocenters. The molecular weight excluding hydrogens is 407 g/mol. The van der Waals surface area contributed by atoms with E-state index in [0.717, 1.165) is 0 Å². The Morgan fingerprint density at radius 1 is 1.21 bits per heavy atom. The highest BCUT2D eigenvalue weighted by atomic mass is 35.5. The lowest BCUT2D eigenvalue weighted by molar-refractivity contribution is -0.170. The number of rotatable bonds is 9. The summed E-state index contributed by atoms with van der Waals surface area (Å²) in [5.41, 5.74) is -0.381. The first-order chi connectivity index (χ1) is 12.9. The Labute approximate surface area is 170 Å². The van der Waals surface area contributed by atoms with Gasteiger partial charge in [0.2, 0.25) is 6.10 Å². The van der Waals surface area contributed by atoms with Gasteiger partial charge in [0.15, 0.2) is 0 Å². The van der Waals surface area contributed by atoms with Gasteiger partial charge in [0.1, 0.15) is 0 Å². The first kappa shape index (κ1) is 24.4. The van der Waals surface area contributed by atoms with Crippen molar-refractivity contribution in [3.05, 3.63) is 40.2 Å². The normalized spacial score (nSPS) is 13.5. The van der Waals surface area contributed by atoms with Crippen LogP contribution in [0.25, 0.3) is 6.08 Å². The van der Waals surface area contributed by atoms with Crippen LogP contribution in [0.4, 0.5) is 0 Å². The van der Waals surface area contributed by atoms with Crippen molar-refractivity contribution in [2.24, 2.45) is 5.41 Å². The molecule has 0 spiro atoms. The smallest absolute Gasteiger partial charge is 0.354 e. The maximum absolute atomic E-state index is 12.6. The molecule has 0 saturated heterocycles. The van der Waals surface area contributed by atoms with Gasteiger partial charge < -0.3 is 18.9 Å². The van der Waals surface area contributed by atoms with Gasteiger partial charge in [-0.3, -0.25) is 9.36 Å². The molecule has 28 heavy (non-hydrogen) atoms. The average Bonchev–Trinajstić information content (AvgIpc) is 2.57. The van der Waals surface area contributed by atoms with Crippen LogP contribution >= 0.6 is 19.2 Å². The van der Waals surface area contributed by atoms with E-state index in [1.807, 2.05) is 0 Å².